The number of benzene rings is 3. The van der Waals surface area contributed by atoms with Crippen molar-refractivity contribution in [2.75, 3.05) is 13.2 Å². The maximum atomic E-state index is 9.29. The van der Waals surface area contributed by atoms with Crippen LogP contribution >= 0.6 is 0 Å². The summed E-state index contributed by atoms with van der Waals surface area (Å²) in [5.74, 6) is 1.26. The average Bonchev–Trinajstić information content (AvgIpc) is 3.08. The Balaban J connectivity index is 1.88. The Kier molecular flexibility index (Phi) is 6.01. The summed E-state index contributed by atoms with van der Waals surface area (Å²) in [4.78, 5) is 0. The van der Waals surface area contributed by atoms with Crippen LogP contribution in [0.1, 0.15) is 60.4 Å². The van der Waals surface area contributed by atoms with Crippen LogP contribution in [0.3, 0.4) is 0 Å². The van der Waals surface area contributed by atoms with Crippen LogP contribution in [0.15, 0.2) is 60.7 Å². The molecule has 0 atom stereocenters. The van der Waals surface area contributed by atoms with E-state index in [1.807, 2.05) is 0 Å². The van der Waals surface area contributed by atoms with E-state index in [0.717, 1.165) is 31.4 Å². The van der Waals surface area contributed by atoms with E-state index in [9.17, 15) is 5.11 Å². The van der Waals surface area contributed by atoms with E-state index in [-0.39, 0.29) is 12.5 Å². The van der Waals surface area contributed by atoms with Crippen molar-refractivity contribution in [3.05, 3.63) is 88.5 Å². The first-order chi connectivity index (χ1) is 14.3. The van der Waals surface area contributed by atoms with Gasteiger partial charge in [0.25, 0.3) is 0 Å². The van der Waals surface area contributed by atoms with Gasteiger partial charge in [0.1, 0.15) is 12.4 Å². The lowest BCUT2D eigenvalue weighted by atomic mass is 9.86. The minimum absolute atomic E-state index is 0.0439. The Morgan fingerprint density at radius 3 is 1.79 bits per heavy atom. The third-order valence-electron chi connectivity index (χ3n) is 5.81. The molecule has 3 aromatic carbocycles. The van der Waals surface area contributed by atoms with Crippen molar-refractivity contribution in [3.8, 4) is 16.9 Å². The lowest BCUT2D eigenvalue weighted by Crippen LogP contribution is -2.09. The molecule has 0 spiro atoms. The van der Waals surface area contributed by atoms with Crippen molar-refractivity contribution in [2.24, 2.45) is 0 Å². The molecule has 150 valence electrons. The van der Waals surface area contributed by atoms with Gasteiger partial charge in [0.15, 0.2) is 0 Å². The maximum absolute atomic E-state index is 9.29. The molecular formula is C27H30O2. The van der Waals surface area contributed by atoms with E-state index in [2.05, 4.69) is 74.5 Å². The number of aliphatic hydroxyl groups excluding tert-OH is 1. The number of hydrogen-bond donors (Lipinski definition) is 1. The quantitative estimate of drug-likeness (QED) is 0.395. The predicted molar refractivity (Wildman–Crippen MR) is 120 cm³/mol. The molecule has 0 unspecified atom stereocenters. The zero-order valence-electron chi connectivity index (χ0n) is 17.4. The molecule has 4 rings (SSSR count). The summed E-state index contributed by atoms with van der Waals surface area (Å²) >= 11 is 0. The first kappa shape index (κ1) is 19.7. The average molecular weight is 387 g/mol. The smallest absolute Gasteiger partial charge is 0.125 e. The van der Waals surface area contributed by atoms with Crippen molar-refractivity contribution in [1.29, 1.82) is 0 Å². The van der Waals surface area contributed by atoms with E-state index in [1.54, 1.807) is 0 Å². The van der Waals surface area contributed by atoms with Crippen LogP contribution in [0.5, 0.6) is 5.75 Å². The van der Waals surface area contributed by atoms with Crippen LogP contribution in [0.25, 0.3) is 11.1 Å². The molecule has 1 N–H and O–H groups in total. The molecule has 0 amide bonds. The Labute approximate surface area is 174 Å². The maximum Gasteiger partial charge on any atom is 0.125 e. The normalized spacial score (nSPS) is 12.7. The Hall–Kier alpha value is -2.58. The fourth-order valence-corrected chi connectivity index (χ4v) is 4.71. The molecule has 2 nitrogen and oxygen atoms in total. The molecule has 0 saturated heterocycles. The molecule has 0 aromatic heterocycles. The second-order valence-electron chi connectivity index (χ2n) is 7.85. The fourth-order valence-electron chi connectivity index (χ4n) is 4.71. The number of ether oxygens (including phenoxy) is 1. The van der Waals surface area contributed by atoms with E-state index < -0.39 is 0 Å². The molecular weight excluding hydrogens is 356 g/mol. The zero-order valence-corrected chi connectivity index (χ0v) is 17.4. The van der Waals surface area contributed by atoms with Crippen LogP contribution in [0.4, 0.5) is 0 Å². The van der Waals surface area contributed by atoms with Gasteiger partial charge in [-0.05, 0) is 51.8 Å². The summed E-state index contributed by atoms with van der Waals surface area (Å²) < 4.78 is 6.03. The molecule has 0 saturated carbocycles. The van der Waals surface area contributed by atoms with E-state index in [1.165, 1.54) is 38.9 Å². The third kappa shape index (κ3) is 3.70. The minimum atomic E-state index is 0.0439. The van der Waals surface area contributed by atoms with Crippen molar-refractivity contribution in [2.45, 2.75) is 45.4 Å². The van der Waals surface area contributed by atoms with Gasteiger partial charge in [0.05, 0.1) is 6.61 Å². The highest BCUT2D eigenvalue weighted by Gasteiger charge is 2.30. The van der Waals surface area contributed by atoms with E-state index in [0.29, 0.717) is 6.61 Å². The second kappa shape index (κ2) is 8.84. The van der Waals surface area contributed by atoms with Crippen LogP contribution < -0.4 is 4.74 Å². The number of hydrogen-bond acceptors (Lipinski definition) is 2. The number of rotatable bonds is 8. The van der Waals surface area contributed by atoms with Crippen molar-refractivity contribution in [3.63, 3.8) is 0 Å². The molecule has 0 bridgehead atoms. The van der Waals surface area contributed by atoms with Crippen LogP contribution in [-0.2, 0) is 12.8 Å². The van der Waals surface area contributed by atoms with Gasteiger partial charge in [0, 0.05) is 5.92 Å². The van der Waals surface area contributed by atoms with E-state index in [4.69, 9.17) is 4.74 Å². The first-order valence-electron chi connectivity index (χ1n) is 10.9. The van der Waals surface area contributed by atoms with Gasteiger partial charge in [-0.15, -0.1) is 0 Å². The van der Waals surface area contributed by atoms with Crippen LogP contribution in [-0.4, -0.2) is 18.3 Å². The van der Waals surface area contributed by atoms with Gasteiger partial charge in [-0.1, -0.05) is 87.4 Å². The van der Waals surface area contributed by atoms with Gasteiger partial charge in [0.2, 0.25) is 0 Å². The third-order valence-corrected chi connectivity index (χ3v) is 5.81. The lowest BCUT2D eigenvalue weighted by Gasteiger charge is -2.21. The molecule has 0 heterocycles. The molecule has 0 fully saturated rings. The molecule has 0 aliphatic heterocycles. The van der Waals surface area contributed by atoms with Crippen LogP contribution in [0.2, 0.25) is 0 Å². The summed E-state index contributed by atoms with van der Waals surface area (Å²) in [5, 5.41) is 9.29. The number of fused-ring (bicyclic) bond motifs is 3. The Morgan fingerprint density at radius 2 is 1.31 bits per heavy atom. The Bertz CT molecular complexity index is 917. The monoisotopic (exact) mass is 386 g/mol. The molecule has 29 heavy (non-hydrogen) atoms. The topological polar surface area (TPSA) is 29.5 Å². The van der Waals surface area contributed by atoms with Crippen molar-refractivity contribution in [1.82, 2.24) is 0 Å². The summed E-state index contributed by atoms with van der Waals surface area (Å²) in [5.41, 5.74) is 9.37. The van der Waals surface area contributed by atoms with Crippen LogP contribution in [0, 0.1) is 0 Å². The predicted octanol–water partition coefficient (Wildman–Crippen LogP) is 6.12. The SMILES string of the molecule is CCCc1cc(C2c3ccccc3-c3ccccc32)cc(CCC)c1OCCO. The summed E-state index contributed by atoms with van der Waals surface area (Å²) in [6.45, 7) is 4.81. The molecule has 1 aliphatic rings. The zero-order chi connectivity index (χ0) is 20.2. The van der Waals surface area contributed by atoms with Gasteiger partial charge in [-0.2, -0.15) is 0 Å². The van der Waals surface area contributed by atoms with Gasteiger partial charge < -0.3 is 9.84 Å². The molecule has 1 aliphatic carbocycles. The highest BCUT2D eigenvalue weighted by molar-refractivity contribution is 5.80. The summed E-state index contributed by atoms with van der Waals surface area (Å²) in [7, 11) is 0. The largest absolute Gasteiger partial charge is 0.491 e. The number of aryl methyl sites for hydroxylation is 2. The highest BCUT2D eigenvalue weighted by Crippen LogP contribution is 2.48. The molecule has 2 heteroatoms. The highest BCUT2D eigenvalue weighted by atomic mass is 16.5. The van der Waals surface area contributed by atoms with Crippen molar-refractivity contribution >= 4 is 0 Å². The minimum Gasteiger partial charge on any atom is -0.491 e. The standard InChI is InChI=1S/C27H30O2/c1-3-9-19-17-21(18-20(10-4-2)27(19)29-16-15-28)26-24-13-7-5-11-22(24)23-12-6-8-14-25(23)26/h5-8,11-14,17-18,26,28H,3-4,9-10,15-16H2,1-2H3. The van der Waals surface area contributed by atoms with Gasteiger partial charge in [-0.25, -0.2) is 0 Å². The first-order valence-corrected chi connectivity index (χ1v) is 10.9. The van der Waals surface area contributed by atoms with Gasteiger partial charge in [-0.3, -0.25) is 0 Å². The van der Waals surface area contributed by atoms with Crippen molar-refractivity contribution < 1.29 is 9.84 Å². The van der Waals surface area contributed by atoms with Gasteiger partial charge >= 0.3 is 0 Å². The second-order valence-corrected chi connectivity index (χ2v) is 7.85. The molecule has 3 aromatic rings. The summed E-state index contributed by atoms with van der Waals surface area (Å²) in [6.07, 6.45) is 4.12. The lowest BCUT2D eigenvalue weighted by molar-refractivity contribution is 0.199. The molecule has 0 radical (unpaired) electrons. The number of aliphatic hydroxyl groups is 1. The Morgan fingerprint density at radius 1 is 0.793 bits per heavy atom. The van der Waals surface area contributed by atoms with E-state index >= 15 is 0 Å². The summed E-state index contributed by atoms with van der Waals surface area (Å²) in [6, 6.07) is 22.3. The fraction of sp³-hybridized carbons (Fsp3) is 0.333.